The summed E-state index contributed by atoms with van der Waals surface area (Å²) in [7, 11) is 1.58. The van der Waals surface area contributed by atoms with Gasteiger partial charge < -0.3 is 19.9 Å². The van der Waals surface area contributed by atoms with Crippen molar-refractivity contribution in [2.45, 2.75) is 38.1 Å². The van der Waals surface area contributed by atoms with Crippen molar-refractivity contribution in [3.05, 3.63) is 52.2 Å². The van der Waals surface area contributed by atoms with Crippen LogP contribution in [0.5, 0.6) is 5.75 Å². The molecular weight excluding hydrogens is 438 g/mol. The van der Waals surface area contributed by atoms with Crippen LogP contribution in [0.4, 0.5) is 0 Å². The number of amides is 3. The molecule has 1 N–H and O–H groups in total. The molecule has 0 spiro atoms. The monoisotopic (exact) mass is 469 g/mol. The van der Waals surface area contributed by atoms with Crippen molar-refractivity contribution in [1.29, 1.82) is 0 Å². The van der Waals surface area contributed by atoms with E-state index in [9.17, 15) is 14.4 Å². The number of methoxy groups -OCH3 is 1. The lowest BCUT2D eigenvalue weighted by molar-refractivity contribution is -0.136. The normalized spacial score (nSPS) is 18.0. The van der Waals surface area contributed by atoms with Crippen LogP contribution in [-0.4, -0.2) is 66.9 Å². The number of ether oxygens (including phenoxy) is 1. The van der Waals surface area contributed by atoms with Crippen molar-refractivity contribution in [2.24, 2.45) is 5.92 Å². The number of piperidine rings is 2. The molecule has 2 aromatic rings. The maximum atomic E-state index is 13.4. The Morgan fingerprint density at radius 2 is 1.76 bits per heavy atom. The second kappa shape index (κ2) is 10.8. The van der Waals surface area contributed by atoms with Crippen LogP contribution in [0.25, 0.3) is 0 Å². The Labute approximate surface area is 198 Å². The summed E-state index contributed by atoms with van der Waals surface area (Å²) >= 11 is 1.37. The fourth-order valence-electron chi connectivity index (χ4n) is 4.69. The number of likely N-dealkylation sites (tertiary alicyclic amines) is 2. The number of benzene rings is 1. The summed E-state index contributed by atoms with van der Waals surface area (Å²) in [5, 5.41) is 4.90. The Bertz CT molecular complexity index is 964. The van der Waals surface area contributed by atoms with Crippen LogP contribution in [0.1, 0.15) is 52.1 Å². The minimum Gasteiger partial charge on any atom is -0.497 e. The van der Waals surface area contributed by atoms with E-state index in [0.717, 1.165) is 32.4 Å². The highest BCUT2D eigenvalue weighted by atomic mass is 32.1. The van der Waals surface area contributed by atoms with Gasteiger partial charge >= 0.3 is 0 Å². The Morgan fingerprint density at radius 3 is 2.42 bits per heavy atom. The second-order valence-electron chi connectivity index (χ2n) is 8.68. The fraction of sp³-hybridized carbons (Fsp3) is 0.480. The second-order valence-corrected chi connectivity index (χ2v) is 9.62. The minimum atomic E-state index is -0.563. The Hall–Kier alpha value is -2.87. The van der Waals surface area contributed by atoms with Gasteiger partial charge in [-0.25, -0.2) is 0 Å². The van der Waals surface area contributed by atoms with Crippen LogP contribution in [0, 0.1) is 5.92 Å². The van der Waals surface area contributed by atoms with Gasteiger partial charge in [-0.3, -0.25) is 14.4 Å². The summed E-state index contributed by atoms with van der Waals surface area (Å²) in [6.07, 6.45) is 4.49. The van der Waals surface area contributed by atoms with Gasteiger partial charge in [0.15, 0.2) is 0 Å². The van der Waals surface area contributed by atoms with Gasteiger partial charge in [0.05, 0.1) is 12.0 Å². The first-order valence-corrected chi connectivity index (χ1v) is 12.5. The molecule has 7 nitrogen and oxygen atoms in total. The zero-order valence-electron chi connectivity index (χ0n) is 19.0. The largest absolute Gasteiger partial charge is 0.497 e. The third kappa shape index (κ3) is 5.55. The highest BCUT2D eigenvalue weighted by molar-refractivity contribution is 7.12. The molecule has 176 valence electrons. The standard InChI is InChI=1S/C25H31N3O4S/c1-32-20-8-5-7-19(17-20)24(30)28-14-10-18(11-15-28)22(25(31)27-12-3-2-4-13-27)26-23(29)21-9-6-16-33-21/h5-9,16-18,22H,2-4,10-15H2,1H3,(H,26,29)/t22-/m1/s1. The number of carbonyl (C=O) groups is 3. The molecule has 3 heterocycles. The Morgan fingerprint density at radius 1 is 1.00 bits per heavy atom. The average molecular weight is 470 g/mol. The summed E-state index contributed by atoms with van der Waals surface area (Å²) in [5.41, 5.74) is 0.597. The molecule has 0 saturated carbocycles. The van der Waals surface area contributed by atoms with E-state index in [0.29, 0.717) is 42.1 Å². The summed E-state index contributed by atoms with van der Waals surface area (Å²) in [6.45, 7) is 2.60. The third-order valence-electron chi connectivity index (χ3n) is 6.58. The molecule has 2 aliphatic heterocycles. The molecule has 1 aromatic heterocycles. The molecule has 1 atom stereocenters. The quantitative estimate of drug-likeness (QED) is 0.703. The minimum absolute atomic E-state index is 0.00213. The molecule has 2 fully saturated rings. The van der Waals surface area contributed by atoms with Gasteiger partial charge in [0.25, 0.3) is 11.8 Å². The smallest absolute Gasteiger partial charge is 0.262 e. The van der Waals surface area contributed by atoms with Crippen molar-refractivity contribution in [2.75, 3.05) is 33.3 Å². The van der Waals surface area contributed by atoms with E-state index in [1.165, 1.54) is 11.3 Å². The van der Waals surface area contributed by atoms with Crippen molar-refractivity contribution < 1.29 is 19.1 Å². The average Bonchev–Trinajstić information content (AvgIpc) is 3.42. The molecule has 2 aliphatic rings. The first kappa shape index (κ1) is 23.3. The molecule has 0 bridgehead atoms. The molecule has 33 heavy (non-hydrogen) atoms. The first-order chi connectivity index (χ1) is 16.1. The van der Waals surface area contributed by atoms with E-state index in [-0.39, 0.29) is 23.6 Å². The van der Waals surface area contributed by atoms with Crippen LogP contribution in [0.3, 0.4) is 0 Å². The van der Waals surface area contributed by atoms with Crippen molar-refractivity contribution in [1.82, 2.24) is 15.1 Å². The van der Waals surface area contributed by atoms with E-state index in [1.807, 2.05) is 33.4 Å². The van der Waals surface area contributed by atoms with Crippen LogP contribution in [0.15, 0.2) is 41.8 Å². The number of hydrogen-bond donors (Lipinski definition) is 1. The number of carbonyl (C=O) groups excluding carboxylic acids is 3. The first-order valence-electron chi connectivity index (χ1n) is 11.6. The Kier molecular flexibility index (Phi) is 7.65. The van der Waals surface area contributed by atoms with Crippen LogP contribution >= 0.6 is 11.3 Å². The van der Waals surface area contributed by atoms with Crippen molar-refractivity contribution >= 4 is 29.1 Å². The summed E-state index contributed by atoms with van der Waals surface area (Å²) in [4.78, 5) is 43.6. The van der Waals surface area contributed by atoms with Gasteiger partial charge in [-0.1, -0.05) is 12.1 Å². The Balaban J connectivity index is 1.44. The lowest BCUT2D eigenvalue weighted by Gasteiger charge is -2.38. The fourth-order valence-corrected chi connectivity index (χ4v) is 5.31. The van der Waals surface area contributed by atoms with Gasteiger partial charge in [-0.2, -0.15) is 0 Å². The van der Waals surface area contributed by atoms with Crippen molar-refractivity contribution in [3.8, 4) is 5.75 Å². The van der Waals surface area contributed by atoms with Gasteiger partial charge in [-0.05, 0) is 67.7 Å². The van der Waals surface area contributed by atoms with Crippen LogP contribution in [0.2, 0.25) is 0 Å². The predicted molar refractivity (Wildman–Crippen MR) is 128 cm³/mol. The van der Waals surface area contributed by atoms with Gasteiger partial charge in [0, 0.05) is 31.7 Å². The molecule has 0 radical (unpaired) electrons. The summed E-state index contributed by atoms with van der Waals surface area (Å²) in [6, 6.07) is 10.2. The van der Waals surface area contributed by atoms with E-state index < -0.39 is 6.04 Å². The molecule has 4 rings (SSSR count). The third-order valence-corrected chi connectivity index (χ3v) is 7.45. The number of rotatable bonds is 6. The van der Waals surface area contributed by atoms with Crippen LogP contribution < -0.4 is 10.1 Å². The van der Waals surface area contributed by atoms with E-state index >= 15 is 0 Å². The zero-order chi connectivity index (χ0) is 23.2. The lowest BCUT2D eigenvalue weighted by atomic mass is 9.87. The molecular formula is C25H31N3O4S. The topological polar surface area (TPSA) is 79.0 Å². The number of thiophene rings is 1. The highest BCUT2D eigenvalue weighted by Gasteiger charge is 2.36. The number of nitrogens with zero attached hydrogens (tertiary/aromatic N) is 2. The van der Waals surface area contributed by atoms with E-state index in [1.54, 1.807) is 25.3 Å². The predicted octanol–water partition coefficient (Wildman–Crippen LogP) is 3.42. The van der Waals surface area contributed by atoms with Gasteiger partial charge in [-0.15, -0.1) is 11.3 Å². The maximum Gasteiger partial charge on any atom is 0.262 e. The molecule has 8 heteroatoms. The molecule has 0 aliphatic carbocycles. The summed E-state index contributed by atoms with van der Waals surface area (Å²) in [5.74, 6) is 0.429. The lowest BCUT2D eigenvalue weighted by Crippen LogP contribution is -2.55. The molecule has 0 unspecified atom stereocenters. The number of hydrogen-bond acceptors (Lipinski definition) is 5. The van der Waals surface area contributed by atoms with E-state index in [2.05, 4.69) is 5.32 Å². The van der Waals surface area contributed by atoms with Crippen molar-refractivity contribution in [3.63, 3.8) is 0 Å². The number of nitrogens with one attached hydrogen (secondary N) is 1. The van der Waals surface area contributed by atoms with Gasteiger partial charge in [0.1, 0.15) is 11.8 Å². The SMILES string of the molecule is COc1cccc(C(=O)N2CCC([C@@H](NC(=O)c3cccs3)C(=O)N3CCCCC3)CC2)c1. The maximum absolute atomic E-state index is 13.4. The highest BCUT2D eigenvalue weighted by Crippen LogP contribution is 2.26. The molecule has 1 aromatic carbocycles. The summed E-state index contributed by atoms with van der Waals surface area (Å²) < 4.78 is 5.24. The van der Waals surface area contributed by atoms with Gasteiger partial charge in [0.2, 0.25) is 5.91 Å². The molecule has 2 saturated heterocycles. The van der Waals surface area contributed by atoms with Crippen LogP contribution in [-0.2, 0) is 4.79 Å². The molecule has 3 amide bonds. The van der Waals surface area contributed by atoms with E-state index in [4.69, 9.17) is 4.74 Å². The zero-order valence-corrected chi connectivity index (χ0v) is 19.8.